The Morgan fingerprint density at radius 2 is 1.48 bits per heavy atom. The fourth-order valence-corrected chi connectivity index (χ4v) is 4.18. The van der Waals surface area contributed by atoms with Crippen molar-refractivity contribution in [1.29, 1.82) is 0 Å². The largest absolute Gasteiger partial charge is 0.427 e. The Kier molecular flexibility index (Phi) is 5.23. The van der Waals surface area contributed by atoms with E-state index < -0.39 is 11.2 Å². The molecule has 0 spiro atoms. The summed E-state index contributed by atoms with van der Waals surface area (Å²) in [5.41, 5.74) is 2.42. The minimum absolute atomic E-state index is 0.748. The van der Waals surface area contributed by atoms with Gasteiger partial charge in [-0.15, -0.1) is 0 Å². The summed E-state index contributed by atoms with van der Waals surface area (Å²) in [4.78, 5) is 4.60. The van der Waals surface area contributed by atoms with Crippen LogP contribution in [0.1, 0.15) is 27.7 Å². The van der Waals surface area contributed by atoms with E-state index >= 15 is 0 Å². The number of aromatic nitrogens is 1. The molecule has 1 N–H and O–H groups in total. The summed E-state index contributed by atoms with van der Waals surface area (Å²) in [5, 5.41) is 16.5. The highest BCUT2D eigenvalue weighted by molar-refractivity contribution is 6.50. The van der Waals surface area contributed by atoms with E-state index in [-0.39, 0.29) is 0 Å². The van der Waals surface area contributed by atoms with E-state index in [0.29, 0.717) is 0 Å². The lowest BCUT2D eigenvalue weighted by atomic mass is 9.77. The van der Waals surface area contributed by atoms with Crippen molar-refractivity contribution in [2.45, 2.75) is 38.9 Å². The second kappa shape index (κ2) is 7.98. The molecule has 0 atom stereocenters. The molecule has 0 bridgehead atoms. The van der Waals surface area contributed by atoms with E-state index in [4.69, 9.17) is 4.65 Å². The average Bonchev–Trinajstić information content (AvgIpc) is 2.81. The predicted molar refractivity (Wildman–Crippen MR) is 139 cm³/mol. The van der Waals surface area contributed by atoms with Crippen LogP contribution >= 0.6 is 0 Å². The third kappa shape index (κ3) is 3.80. The van der Waals surface area contributed by atoms with Crippen molar-refractivity contribution in [2.75, 3.05) is 0 Å². The lowest BCUT2D eigenvalue weighted by Crippen LogP contribution is -2.49. The Balaban J connectivity index is 1.76. The van der Waals surface area contributed by atoms with Crippen LogP contribution in [0.15, 0.2) is 85.1 Å². The van der Waals surface area contributed by atoms with Gasteiger partial charge in [-0.05, 0) is 84.0 Å². The fraction of sp³-hybridized carbons (Fsp3) is 0.207. The first kappa shape index (κ1) is 21.6. The van der Waals surface area contributed by atoms with Gasteiger partial charge in [0.25, 0.3) is 0 Å². The quantitative estimate of drug-likeness (QED) is 0.273. The van der Waals surface area contributed by atoms with Crippen molar-refractivity contribution in [1.82, 2.24) is 4.98 Å². The lowest BCUT2D eigenvalue weighted by Gasteiger charge is -2.37. The van der Waals surface area contributed by atoms with Gasteiger partial charge in [0, 0.05) is 11.6 Å². The van der Waals surface area contributed by atoms with Crippen LogP contribution in [-0.2, 0) is 4.65 Å². The van der Waals surface area contributed by atoms with Crippen LogP contribution in [0.2, 0.25) is 0 Å². The van der Waals surface area contributed by atoms with Crippen LogP contribution in [0.5, 0.6) is 0 Å². The van der Waals surface area contributed by atoms with Crippen molar-refractivity contribution in [3.63, 3.8) is 0 Å². The zero-order chi connectivity index (χ0) is 23.2. The Labute approximate surface area is 195 Å². The van der Waals surface area contributed by atoms with Gasteiger partial charge < -0.3 is 9.76 Å². The molecule has 3 nitrogen and oxygen atoms in total. The standard InChI is InChI=1S/C29H27BNO2/c1-28(2,32)29(3,4)33-30-25-14-8-7-12-21(25)24-18-19-10-5-6-11-20(19)22-15-16-26-23(27(22)24)13-9-17-31-26/h5-18,32H,1-4H3. The zero-order valence-electron chi connectivity index (χ0n) is 19.5. The van der Waals surface area contributed by atoms with Gasteiger partial charge >= 0.3 is 7.48 Å². The molecule has 5 aromatic rings. The van der Waals surface area contributed by atoms with E-state index in [0.717, 1.165) is 27.5 Å². The second-order valence-corrected chi connectivity index (χ2v) is 9.60. The number of benzene rings is 4. The van der Waals surface area contributed by atoms with E-state index in [1.165, 1.54) is 21.5 Å². The highest BCUT2D eigenvalue weighted by atomic mass is 16.5. The summed E-state index contributed by atoms with van der Waals surface area (Å²) in [6.45, 7) is 7.33. The molecule has 4 aromatic carbocycles. The van der Waals surface area contributed by atoms with Gasteiger partial charge in [0.15, 0.2) is 0 Å². The summed E-state index contributed by atoms with van der Waals surface area (Å²) < 4.78 is 6.14. The third-order valence-electron chi connectivity index (χ3n) is 6.81. The monoisotopic (exact) mass is 432 g/mol. The lowest BCUT2D eigenvalue weighted by molar-refractivity contribution is -0.0893. The Morgan fingerprint density at radius 3 is 2.30 bits per heavy atom. The zero-order valence-corrected chi connectivity index (χ0v) is 19.5. The van der Waals surface area contributed by atoms with E-state index in [2.05, 4.69) is 71.7 Å². The molecule has 0 aliphatic heterocycles. The average molecular weight is 432 g/mol. The highest BCUT2D eigenvalue weighted by Crippen LogP contribution is 2.38. The van der Waals surface area contributed by atoms with E-state index in [1.54, 1.807) is 21.3 Å². The first-order chi connectivity index (χ1) is 15.8. The van der Waals surface area contributed by atoms with Gasteiger partial charge in [-0.1, -0.05) is 60.7 Å². The van der Waals surface area contributed by atoms with Gasteiger partial charge in [-0.2, -0.15) is 0 Å². The number of rotatable bonds is 5. The molecule has 163 valence electrons. The molecular formula is C29H27BNO2. The molecule has 0 unspecified atom stereocenters. The second-order valence-electron chi connectivity index (χ2n) is 9.60. The number of nitrogens with zero attached hydrogens (tertiary/aromatic N) is 1. The summed E-state index contributed by atoms with van der Waals surface area (Å²) in [5.74, 6) is 0. The van der Waals surface area contributed by atoms with Crippen LogP contribution in [0.4, 0.5) is 0 Å². The number of aliphatic hydroxyl groups is 1. The van der Waals surface area contributed by atoms with Crippen molar-refractivity contribution >= 4 is 45.4 Å². The predicted octanol–water partition coefficient (Wildman–Crippen LogP) is 6.02. The molecule has 1 radical (unpaired) electrons. The summed E-state index contributed by atoms with van der Waals surface area (Å²) in [6.07, 6.45) is 1.84. The summed E-state index contributed by atoms with van der Waals surface area (Å²) in [7, 11) is 1.78. The molecule has 1 aromatic heterocycles. The first-order valence-electron chi connectivity index (χ1n) is 11.3. The van der Waals surface area contributed by atoms with Gasteiger partial charge in [-0.25, -0.2) is 0 Å². The van der Waals surface area contributed by atoms with Gasteiger partial charge in [0.1, 0.15) is 0 Å². The van der Waals surface area contributed by atoms with Crippen LogP contribution in [0.25, 0.3) is 43.6 Å². The van der Waals surface area contributed by atoms with Crippen LogP contribution in [0, 0.1) is 0 Å². The van der Waals surface area contributed by atoms with Crippen molar-refractivity contribution in [3.8, 4) is 11.1 Å². The normalized spacial score (nSPS) is 12.5. The van der Waals surface area contributed by atoms with Crippen LogP contribution in [0.3, 0.4) is 0 Å². The number of hydrogen-bond donors (Lipinski definition) is 1. The molecule has 1 heterocycles. The van der Waals surface area contributed by atoms with Crippen molar-refractivity contribution in [3.05, 3.63) is 85.1 Å². The maximum Gasteiger partial charge on any atom is 0.331 e. The first-order valence-corrected chi connectivity index (χ1v) is 11.3. The minimum atomic E-state index is -0.990. The molecule has 0 aliphatic rings. The Morgan fingerprint density at radius 1 is 0.758 bits per heavy atom. The number of fused-ring (bicyclic) bond motifs is 5. The van der Waals surface area contributed by atoms with Crippen LogP contribution < -0.4 is 5.46 Å². The molecule has 0 aliphatic carbocycles. The molecular weight excluding hydrogens is 405 g/mol. The molecule has 33 heavy (non-hydrogen) atoms. The smallest absolute Gasteiger partial charge is 0.331 e. The Bertz CT molecular complexity index is 1480. The van der Waals surface area contributed by atoms with Crippen molar-refractivity contribution < 1.29 is 9.76 Å². The molecule has 5 rings (SSSR count). The summed E-state index contributed by atoms with van der Waals surface area (Å²) >= 11 is 0. The Hall–Kier alpha value is -3.21. The SMILES string of the molecule is CC(C)(O)C(C)(C)O[B]c1ccccc1-c1cc2ccccc2c2ccc3ncccc3c12. The summed E-state index contributed by atoms with van der Waals surface area (Å²) in [6, 6.07) is 27.4. The topological polar surface area (TPSA) is 42.4 Å². The fourth-order valence-electron chi connectivity index (χ4n) is 4.18. The minimum Gasteiger partial charge on any atom is -0.427 e. The van der Waals surface area contributed by atoms with Gasteiger partial charge in [-0.3, -0.25) is 4.98 Å². The maximum atomic E-state index is 10.5. The highest BCUT2D eigenvalue weighted by Gasteiger charge is 2.36. The van der Waals surface area contributed by atoms with Gasteiger partial charge in [0.2, 0.25) is 0 Å². The number of pyridine rings is 1. The van der Waals surface area contributed by atoms with Gasteiger partial charge in [0.05, 0.1) is 16.7 Å². The molecule has 0 saturated heterocycles. The van der Waals surface area contributed by atoms with E-state index in [9.17, 15) is 5.11 Å². The molecule has 0 fully saturated rings. The molecule has 0 saturated carbocycles. The van der Waals surface area contributed by atoms with Crippen molar-refractivity contribution in [2.24, 2.45) is 0 Å². The third-order valence-corrected chi connectivity index (χ3v) is 6.81. The molecule has 0 amide bonds. The number of hydrogen-bond acceptors (Lipinski definition) is 3. The van der Waals surface area contributed by atoms with E-state index in [1.807, 2.05) is 32.2 Å². The van der Waals surface area contributed by atoms with Crippen LogP contribution in [-0.4, -0.2) is 28.8 Å². The maximum absolute atomic E-state index is 10.5. The molecule has 4 heteroatoms.